The first-order chi connectivity index (χ1) is 9.11. The number of anilines is 2. The highest BCUT2D eigenvalue weighted by atomic mass is 16.2. The maximum atomic E-state index is 12.3. The average Bonchev–Trinajstić information content (AvgIpc) is 2.46. The molecular weight excluding hydrogens is 238 g/mol. The van der Waals surface area contributed by atoms with Crippen LogP contribution < -0.4 is 10.6 Å². The Bertz CT molecular complexity index is 578. The minimum absolute atomic E-state index is 0.170. The fraction of sp³-hybridized carbons (Fsp3) is 0.200. The molecule has 0 spiro atoms. The van der Waals surface area contributed by atoms with Crippen LogP contribution in [0.25, 0.3) is 0 Å². The summed E-state index contributed by atoms with van der Waals surface area (Å²) in [7, 11) is 1.73. The van der Waals surface area contributed by atoms with Crippen LogP contribution in [0.2, 0.25) is 0 Å². The number of nitrogens with zero attached hydrogens (tertiary/aromatic N) is 2. The second-order valence-electron chi connectivity index (χ2n) is 4.36. The van der Waals surface area contributed by atoms with Crippen molar-refractivity contribution in [3.05, 3.63) is 53.9 Å². The van der Waals surface area contributed by atoms with Gasteiger partial charge in [0.25, 0.3) is 5.91 Å². The second kappa shape index (κ2) is 5.52. The summed E-state index contributed by atoms with van der Waals surface area (Å²) in [5.41, 5.74) is 8.63. The molecule has 19 heavy (non-hydrogen) atoms. The van der Waals surface area contributed by atoms with Gasteiger partial charge in [0.2, 0.25) is 0 Å². The number of hydrogen-bond acceptors (Lipinski definition) is 3. The highest BCUT2D eigenvalue weighted by molar-refractivity contribution is 6.04. The van der Waals surface area contributed by atoms with Crippen LogP contribution in [0, 0.1) is 0 Å². The molecule has 2 N–H and O–H groups in total. The molecule has 0 unspecified atom stereocenters. The maximum absolute atomic E-state index is 12.3. The van der Waals surface area contributed by atoms with Crippen molar-refractivity contribution in [1.82, 2.24) is 4.98 Å². The van der Waals surface area contributed by atoms with E-state index in [9.17, 15) is 4.79 Å². The smallest absolute Gasteiger partial charge is 0.276 e. The summed E-state index contributed by atoms with van der Waals surface area (Å²) in [6.45, 7) is 2.10. The summed E-state index contributed by atoms with van der Waals surface area (Å²) in [4.78, 5) is 17.9. The zero-order valence-corrected chi connectivity index (χ0v) is 11.1. The van der Waals surface area contributed by atoms with Gasteiger partial charge in [-0.2, -0.15) is 0 Å². The van der Waals surface area contributed by atoms with Crippen LogP contribution in [0.3, 0.4) is 0 Å². The molecule has 1 aromatic heterocycles. The van der Waals surface area contributed by atoms with Gasteiger partial charge in [-0.3, -0.25) is 9.78 Å². The van der Waals surface area contributed by atoms with Gasteiger partial charge in [-0.05, 0) is 36.2 Å². The molecule has 0 aliphatic carbocycles. The lowest BCUT2D eigenvalue weighted by atomic mass is 10.1. The van der Waals surface area contributed by atoms with Gasteiger partial charge in [-0.25, -0.2) is 0 Å². The molecular formula is C15H17N3O. The van der Waals surface area contributed by atoms with Crippen molar-refractivity contribution in [2.45, 2.75) is 13.3 Å². The van der Waals surface area contributed by atoms with Gasteiger partial charge in [-0.15, -0.1) is 0 Å². The van der Waals surface area contributed by atoms with Crippen LogP contribution in [0.15, 0.2) is 42.6 Å². The molecule has 0 bridgehead atoms. The molecule has 98 valence electrons. The third-order valence-electron chi connectivity index (χ3n) is 3.04. The van der Waals surface area contributed by atoms with Gasteiger partial charge in [0.05, 0.1) is 0 Å². The standard InChI is InChI=1S/C15H17N3O/c1-3-11-4-6-13(7-5-11)18(2)15(19)14-10-12(16)8-9-17-14/h4-10H,3H2,1-2H3,(H2,16,17). The molecule has 4 nitrogen and oxygen atoms in total. The van der Waals surface area contributed by atoms with Crippen molar-refractivity contribution in [2.75, 3.05) is 17.7 Å². The number of benzene rings is 1. The van der Waals surface area contributed by atoms with Crippen molar-refractivity contribution < 1.29 is 4.79 Å². The van der Waals surface area contributed by atoms with Crippen LogP contribution in [-0.4, -0.2) is 17.9 Å². The first kappa shape index (κ1) is 13.1. The molecule has 2 rings (SSSR count). The Labute approximate surface area is 112 Å². The Balaban J connectivity index is 2.23. The SMILES string of the molecule is CCc1ccc(N(C)C(=O)c2cc(N)ccn2)cc1. The summed E-state index contributed by atoms with van der Waals surface area (Å²) < 4.78 is 0. The fourth-order valence-electron chi connectivity index (χ4n) is 1.81. The molecule has 0 saturated carbocycles. The fourth-order valence-corrected chi connectivity index (χ4v) is 1.81. The quantitative estimate of drug-likeness (QED) is 0.916. The number of pyridine rings is 1. The first-order valence-electron chi connectivity index (χ1n) is 6.20. The van der Waals surface area contributed by atoms with Crippen molar-refractivity contribution in [3.8, 4) is 0 Å². The predicted octanol–water partition coefficient (Wildman–Crippen LogP) is 2.50. The highest BCUT2D eigenvalue weighted by Gasteiger charge is 2.14. The summed E-state index contributed by atoms with van der Waals surface area (Å²) in [5.74, 6) is -0.170. The van der Waals surface area contributed by atoms with Crippen molar-refractivity contribution in [2.24, 2.45) is 0 Å². The molecule has 0 aliphatic rings. The van der Waals surface area contributed by atoms with E-state index in [4.69, 9.17) is 5.73 Å². The Hall–Kier alpha value is -2.36. The number of aryl methyl sites for hydroxylation is 1. The highest BCUT2D eigenvalue weighted by Crippen LogP contribution is 2.16. The Morgan fingerprint density at radius 3 is 2.53 bits per heavy atom. The van der Waals surface area contributed by atoms with Gasteiger partial charge in [-0.1, -0.05) is 19.1 Å². The molecule has 0 radical (unpaired) electrons. The van der Waals surface area contributed by atoms with E-state index in [0.29, 0.717) is 11.4 Å². The van der Waals surface area contributed by atoms with Crippen molar-refractivity contribution in [3.63, 3.8) is 0 Å². The number of aromatic nitrogens is 1. The summed E-state index contributed by atoms with van der Waals surface area (Å²) in [5, 5.41) is 0. The predicted molar refractivity (Wildman–Crippen MR) is 77.2 cm³/mol. The topological polar surface area (TPSA) is 59.2 Å². The first-order valence-corrected chi connectivity index (χ1v) is 6.20. The lowest BCUT2D eigenvalue weighted by Crippen LogP contribution is -2.27. The minimum Gasteiger partial charge on any atom is -0.399 e. The van der Waals surface area contributed by atoms with E-state index < -0.39 is 0 Å². The van der Waals surface area contributed by atoms with Crippen molar-refractivity contribution in [1.29, 1.82) is 0 Å². The molecule has 4 heteroatoms. The molecule has 0 fully saturated rings. The van der Waals surface area contributed by atoms with E-state index in [0.717, 1.165) is 12.1 Å². The minimum atomic E-state index is -0.170. The van der Waals surface area contributed by atoms with Crippen LogP contribution >= 0.6 is 0 Å². The lowest BCUT2D eigenvalue weighted by molar-refractivity contribution is 0.0988. The number of carbonyl (C=O) groups is 1. The monoisotopic (exact) mass is 255 g/mol. The Morgan fingerprint density at radius 1 is 1.26 bits per heavy atom. The maximum Gasteiger partial charge on any atom is 0.276 e. The van der Waals surface area contributed by atoms with E-state index in [-0.39, 0.29) is 5.91 Å². The third kappa shape index (κ3) is 2.91. The normalized spacial score (nSPS) is 10.2. The average molecular weight is 255 g/mol. The zero-order chi connectivity index (χ0) is 13.8. The van der Waals surface area contributed by atoms with Crippen LogP contribution in [0.1, 0.15) is 23.0 Å². The molecule has 0 aliphatic heterocycles. The summed E-state index contributed by atoms with van der Waals surface area (Å²) >= 11 is 0. The number of amides is 1. The Kier molecular flexibility index (Phi) is 3.80. The number of rotatable bonds is 3. The van der Waals surface area contributed by atoms with Gasteiger partial charge in [0.15, 0.2) is 0 Å². The van der Waals surface area contributed by atoms with Gasteiger partial charge in [0.1, 0.15) is 5.69 Å². The third-order valence-corrected chi connectivity index (χ3v) is 3.04. The van der Waals surface area contributed by atoms with Gasteiger partial charge < -0.3 is 10.6 Å². The van der Waals surface area contributed by atoms with Crippen molar-refractivity contribution >= 4 is 17.3 Å². The molecule has 1 heterocycles. The van der Waals surface area contributed by atoms with E-state index in [1.54, 1.807) is 24.1 Å². The Morgan fingerprint density at radius 2 is 1.95 bits per heavy atom. The molecule has 1 amide bonds. The molecule has 0 saturated heterocycles. The van der Waals surface area contributed by atoms with Crippen LogP contribution in [0.4, 0.5) is 11.4 Å². The number of carbonyl (C=O) groups excluding carboxylic acids is 1. The summed E-state index contributed by atoms with van der Waals surface area (Å²) in [6.07, 6.45) is 2.52. The van der Waals surface area contributed by atoms with E-state index in [2.05, 4.69) is 11.9 Å². The van der Waals surface area contributed by atoms with Crippen LogP contribution in [-0.2, 0) is 6.42 Å². The summed E-state index contributed by atoms with van der Waals surface area (Å²) in [6, 6.07) is 11.1. The largest absolute Gasteiger partial charge is 0.399 e. The molecule has 0 atom stereocenters. The van der Waals surface area contributed by atoms with Crippen LogP contribution in [0.5, 0.6) is 0 Å². The van der Waals surface area contributed by atoms with Gasteiger partial charge in [0, 0.05) is 24.6 Å². The number of nitrogens with two attached hydrogens (primary N) is 1. The number of hydrogen-bond donors (Lipinski definition) is 1. The lowest BCUT2D eigenvalue weighted by Gasteiger charge is -2.17. The van der Waals surface area contributed by atoms with E-state index >= 15 is 0 Å². The van der Waals surface area contributed by atoms with E-state index in [1.165, 1.54) is 11.8 Å². The molecule has 1 aromatic carbocycles. The second-order valence-corrected chi connectivity index (χ2v) is 4.36. The van der Waals surface area contributed by atoms with E-state index in [1.807, 2.05) is 24.3 Å². The van der Waals surface area contributed by atoms with Gasteiger partial charge >= 0.3 is 0 Å². The number of nitrogen functional groups attached to an aromatic ring is 1. The zero-order valence-electron chi connectivity index (χ0n) is 11.1. The molecule has 2 aromatic rings.